The van der Waals surface area contributed by atoms with Crippen LogP contribution in [-0.2, 0) is 0 Å². The lowest BCUT2D eigenvalue weighted by Gasteiger charge is -2.13. The van der Waals surface area contributed by atoms with Gasteiger partial charge in [0.15, 0.2) is 0 Å². The number of nitrogens with two attached hydrogens (primary N) is 1. The highest BCUT2D eigenvalue weighted by atomic mass is 16.2. The summed E-state index contributed by atoms with van der Waals surface area (Å²) in [5, 5.41) is 0. The summed E-state index contributed by atoms with van der Waals surface area (Å²) in [7, 11) is 0. The lowest BCUT2D eigenvalue weighted by Crippen LogP contribution is -2.29. The Hall–Kier alpha value is -2.69. The Bertz CT molecular complexity index is 615. The minimum atomic E-state index is -0.331. The van der Waals surface area contributed by atoms with Gasteiger partial charge in [0.25, 0.3) is 11.8 Å². The van der Waals surface area contributed by atoms with Crippen LogP contribution >= 0.6 is 0 Å². The molecule has 1 aromatic carbocycles. The van der Waals surface area contributed by atoms with Crippen LogP contribution in [-0.4, -0.2) is 16.8 Å². The standard InChI is InChI=1S/C13H9N3O2/c14-11-6-5-8(7-15-11)16-12(17)9-3-1-2-4-10(9)13(16)18/h1-7H,(H2,14,15). The molecule has 0 aliphatic carbocycles. The van der Waals surface area contributed by atoms with E-state index in [9.17, 15) is 9.59 Å². The highest BCUT2D eigenvalue weighted by Crippen LogP contribution is 2.27. The Labute approximate surface area is 103 Å². The lowest BCUT2D eigenvalue weighted by atomic mass is 10.1. The SMILES string of the molecule is Nc1ccc(N2C(=O)c3ccccc3C2=O)cn1. The number of carbonyl (C=O) groups is 2. The van der Waals surface area contributed by atoms with Crippen molar-refractivity contribution < 1.29 is 9.59 Å². The predicted octanol–water partition coefficient (Wildman–Crippen LogP) is 1.46. The first-order valence-electron chi connectivity index (χ1n) is 5.38. The largest absolute Gasteiger partial charge is 0.384 e. The van der Waals surface area contributed by atoms with Gasteiger partial charge in [-0.15, -0.1) is 0 Å². The molecule has 0 atom stereocenters. The van der Waals surface area contributed by atoms with Gasteiger partial charge >= 0.3 is 0 Å². The van der Waals surface area contributed by atoms with Crippen molar-refractivity contribution in [3.05, 3.63) is 53.7 Å². The van der Waals surface area contributed by atoms with Crippen molar-refractivity contribution in [3.63, 3.8) is 0 Å². The first kappa shape index (κ1) is 10.5. The molecule has 2 aromatic rings. The molecule has 1 aromatic heterocycles. The molecule has 0 fully saturated rings. The molecule has 3 rings (SSSR count). The first-order valence-corrected chi connectivity index (χ1v) is 5.38. The molecule has 1 aliphatic heterocycles. The molecule has 5 heteroatoms. The van der Waals surface area contributed by atoms with E-state index in [4.69, 9.17) is 5.73 Å². The van der Waals surface area contributed by atoms with E-state index < -0.39 is 0 Å². The molecule has 5 nitrogen and oxygen atoms in total. The second-order valence-corrected chi connectivity index (χ2v) is 3.93. The van der Waals surface area contributed by atoms with E-state index in [1.165, 1.54) is 6.20 Å². The lowest BCUT2D eigenvalue weighted by molar-refractivity contribution is 0.0926. The summed E-state index contributed by atoms with van der Waals surface area (Å²) in [5.41, 5.74) is 6.74. The number of rotatable bonds is 1. The van der Waals surface area contributed by atoms with Crippen molar-refractivity contribution in [3.8, 4) is 0 Å². The Morgan fingerprint density at radius 1 is 0.944 bits per heavy atom. The summed E-state index contributed by atoms with van der Waals surface area (Å²) in [6, 6.07) is 9.90. The van der Waals surface area contributed by atoms with Crippen LogP contribution in [0.4, 0.5) is 11.5 Å². The summed E-state index contributed by atoms with van der Waals surface area (Å²) < 4.78 is 0. The minimum absolute atomic E-state index is 0.331. The smallest absolute Gasteiger partial charge is 0.266 e. The molecule has 2 N–H and O–H groups in total. The molecular weight excluding hydrogens is 230 g/mol. The van der Waals surface area contributed by atoms with Gasteiger partial charge in [0, 0.05) is 0 Å². The minimum Gasteiger partial charge on any atom is -0.384 e. The number of imide groups is 1. The van der Waals surface area contributed by atoms with Crippen molar-refractivity contribution in [1.29, 1.82) is 0 Å². The van der Waals surface area contributed by atoms with E-state index in [2.05, 4.69) is 4.98 Å². The Morgan fingerprint density at radius 3 is 2.06 bits per heavy atom. The number of nitrogen functional groups attached to an aromatic ring is 1. The molecule has 1 aliphatic rings. The topological polar surface area (TPSA) is 76.3 Å². The van der Waals surface area contributed by atoms with Crippen LogP contribution in [0, 0.1) is 0 Å². The van der Waals surface area contributed by atoms with Crippen molar-refractivity contribution in [2.24, 2.45) is 0 Å². The zero-order chi connectivity index (χ0) is 12.7. The fourth-order valence-electron chi connectivity index (χ4n) is 1.95. The second kappa shape index (κ2) is 3.66. The van der Waals surface area contributed by atoms with Crippen LogP contribution in [0.5, 0.6) is 0 Å². The van der Waals surface area contributed by atoms with Crippen molar-refractivity contribution in [1.82, 2.24) is 4.98 Å². The van der Waals surface area contributed by atoms with Gasteiger partial charge in [0.1, 0.15) is 5.82 Å². The third-order valence-electron chi connectivity index (χ3n) is 2.82. The van der Waals surface area contributed by atoms with Crippen molar-refractivity contribution >= 4 is 23.3 Å². The van der Waals surface area contributed by atoms with Gasteiger partial charge in [-0.1, -0.05) is 12.1 Å². The molecule has 0 radical (unpaired) electrons. The van der Waals surface area contributed by atoms with E-state index >= 15 is 0 Å². The van der Waals surface area contributed by atoms with Gasteiger partial charge in [0.2, 0.25) is 0 Å². The van der Waals surface area contributed by atoms with Crippen LogP contribution in [0.25, 0.3) is 0 Å². The average molecular weight is 239 g/mol. The van der Waals surface area contributed by atoms with E-state index in [1.54, 1.807) is 36.4 Å². The number of carbonyl (C=O) groups excluding carboxylic acids is 2. The van der Waals surface area contributed by atoms with E-state index in [1.807, 2.05) is 0 Å². The Balaban J connectivity index is 2.09. The molecule has 0 saturated heterocycles. The highest BCUT2D eigenvalue weighted by molar-refractivity contribution is 6.34. The number of benzene rings is 1. The quantitative estimate of drug-likeness (QED) is 0.764. The number of hydrogen-bond donors (Lipinski definition) is 1. The number of amides is 2. The summed E-state index contributed by atoms with van der Waals surface area (Å²) in [6.45, 7) is 0. The molecule has 0 saturated carbocycles. The molecular formula is C13H9N3O2. The normalized spacial score (nSPS) is 13.9. The number of anilines is 2. The highest BCUT2D eigenvalue weighted by Gasteiger charge is 2.36. The predicted molar refractivity (Wildman–Crippen MR) is 66.2 cm³/mol. The van der Waals surface area contributed by atoms with Gasteiger partial charge in [-0.25, -0.2) is 9.88 Å². The third-order valence-corrected chi connectivity index (χ3v) is 2.82. The van der Waals surface area contributed by atoms with Crippen LogP contribution in [0.2, 0.25) is 0 Å². The second-order valence-electron chi connectivity index (χ2n) is 3.93. The monoisotopic (exact) mass is 239 g/mol. The summed E-state index contributed by atoms with van der Waals surface area (Å²) in [4.78, 5) is 29.3. The fourth-order valence-corrected chi connectivity index (χ4v) is 1.95. The number of aromatic nitrogens is 1. The maximum Gasteiger partial charge on any atom is 0.266 e. The Kier molecular flexibility index (Phi) is 2.13. The van der Waals surface area contributed by atoms with E-state index in [0.29, 0.717) is 22.6 Å². The van der Waals surface area contributed by atoms with Crippen molar-refractivity contribution in [2.75, 3.05) is 10.6 Å². The maximum absolute atomic E-state index is 12.1. The molecule has 0 unspecified atom stereocenters. The van der Waals surface area contributed by atoms with Crippen LogP contribution < -0.4 is 10.6 Å². The average Bonchev–Trinajstić information content (AvgIpc) is 2.64. The molecule has 18 heavy (non-hydrogen) atoms. The zero-order valence-corrected chi connectivity index (χ0v) is 9.33. The zero-order valence-electron chi connectivity index (χ0n) is 9.33. The van der Waals surface area contributed by atoms with E-state index in [0.717, 1.165) is 4.90 Å². The number of pyridine rings is 1. The third kappa shape index (κ3) is 1.37. The van der Waals surface area contributed by atoms with Crippen LogP contribution in [0.3, 0.4) is 0 Å². The summed E-state index contributed by atoms with van der Waals surface area (Å²) in [5.74, 6) is -0.320. The Morgan fingerprint density at radius 2 is 1.56 bits per heavy atom. The van der Waals surface area contributed by atoms with Gasteiger partial charge in [-0.3, -0.25) is 9.59 Å². The van der Waals surface area contributed by atoms with Gasteiger partial charge < -0.3 is 5.73 Å². The molecule has 2 heterocycles. The fraction of sp³-hybridized carbons (Fsp3) is 0. The van der Waals surface area contributed by atoms with Crippen molar-refractivity contribution in [2.45, 2.75) is 0 Å². The summed E-state index contributed by atoms with van der Waals surface area (Å²) >= 11 is 0. The molecule has 0 spiro atoms. The van der Waals surface area contributed by atoms with Gasteiger partial charge in [-0.2, -0.15) is 0 Å². The van der Waals surface area contributed by atoms with Crippen LogP contribution in [0.15, 0.2) is 42.6 Å². The first-order chi connectivity index (χ1) is 8.68. The summed E-state index contributed by atoms with van der Waals surface area (Å²) in [6.07, 6.45) is 1.41. The number of nitrogens with zero attached hydrogens (tertiary/aromatic N) is 2. The van der Waals surface area contributed by atoms with Crippen LogP contribution in [0.1, 0.15) is 20.7 Å². The number of hydrogen-bond acceptors (Lipinski definition) is 4. The molecule has 88 valence electrons. The molecule has 2 amide bonds. The van der Waals surface area contributed by atoms with Gasteiger partial charge in [-0.05, 0) is 24.3 Å². The van der Waals surface area contributed by atoms with E-state index in [-0.39, 0.29) is 11.8 Å². The number of fused-ring (bicyclic) bond motifs is 1. The molecule has 0 bridgehead atoms. The van der Waals surface area contributed by atoms with Gasteiger partial charge in [0.05, 0.1) is 23.0 Å². The maximum atomic E-state index is 12.1.